The minimum absolute atomic E-state index is 0.0719. The van der Waals surface area contributed by atoms with Crippen LogP contribution in [0.3, 0.4) is 0 Å². The molecule has 0 radical (unpaired) electrons. The van der Waals surface area contributed by atoms with Crippen LogP contribution in [0.25, 0.3) is 11.1 Å². The van der Waals surface area contributed by atoms with Gasteiger partial charge in [0.1, 0.15) is 10.8 Å². The van der Waals surface area contributed by atoms with Crippen LogP contribution >= 0.6 is 11.8 Å². The van der Waals surface area contributed by atoms with Crippen molar-refractivity contribution in [3.63, 3.8) is 0 Å². The second-order valence-electron chi connectivity index (χ2n) is 6.06. The maximum absolute atomic E-state index is 12.9. The number of rotatable bonds is 6. The molecule has 0 aliphatic heterocycles. The number of thioether (sulfide) groups is 1. The van der Waals surface area contributed by atoms with E-state index in [1.165, 1.54) is 11.8 Å². The van der Waals surface area contributed by atoms with Crippen molar-refractivity contribution in [2.24, 2.45) is 0 Å². The molecule has 0 unspecified atom stereocenters. The fourth-order valence-electron chi connectivity index (χ4n) is 2.78. The predicted molar refractivity (Wildman–Crippen MR) is 107 cm³/mol. The molecule has 4 aromatic rings. The van der Waals surface area contributed by atoms with Crippen LogP contribution < -0.4 is 5.32 Å². The lowest BCUT2D eigenvalue weighted by Gasteiger charge is -2.15. The van der Waals surface area contributed by atoms with Crippen LogP contribution in [-0.4, -0.2) is 10.9 Å². The van der Waals surface area contributed by atoms with Crippen molar-refractivity contribution in [2.75, 3.05) is 0 Å². The zero-order chi connectivity index (χ0) is 18.5. The van der Waals surface area contributed by atoms with Gasteiger partial charge in [-0.25, -0.2) is 4.98 Å². The fraction of sp³-hybridized carbons (Fsp3) is 0.0909. The number of oxazole rings is 1. The number of aromatic nitrogens is 1. The molecule has 0 aliphatic rings. The number of para-hydroxylation sites is 2. The second kappa shape index (κ2) is 8.10. The molecule has 0 fully saturated rings. The number of nitrogens with zero attached hydrogens (tertiary/aromatic N) is 1. The Labute approximate surface area is 161 Å². The highest BCUT2D eigenvalue weighted by Crippen LogP contribution is 2.36. The molecule has 3 aromatic carbocycles. The molecule has 0 saturated carbocycles. The van der Waals surface area contributed by atoms with Gasteiger partial charge in [0, 0.05) is 6.54 Å². The molecule has 0 spiro atoms. The van der Waals surface area contributed by atoms with Gasteiger partial charge in [0.15, 0.2) is 5.58 Å². The zero-order valence-corrected chi connectivity index (χ0v) is 15.4. The normalized spacial score (nSPS) is 12.0. The van der Waals surface area contributed by atoms with E-state index in [2.05, 4.69) is 10.3 Å². The van der Waals surface area contributed by atoms with Crippen molar-refractivity contribution in [3.8, 4) is 0 Å². The summed E-state index contributed by atoms with van der Waals surface area (Å²) in [6, 6.07) is 27.2. The van der Waals surface area contributed by atoms with Crippen molar-refractivity contribution in [1.29, 1.82) is 0 Å². The molecule has 4 rings (SSSR count). The Morgan fingerprint density at radius 2 is 1.59 bits per heavy atom. The molecular formula is C22H18N2O2S. The maximum atomic E-state index is 12.9. The van der Waals surface area contributed by atoms with E-state index in [9.17, 15) is 4.79 Å². The SMILES string of the molecule is O=C(NCc1ccccc1)[C@H](Sc1nc2ccccc2o1)c1ccccc1. The molecule has 0 saturated heterocycles. The number of benzene rings is 3. The van der Waals surface area contributed by atoms with Crippen LogP contribution in [0.5, 0.6) is 0 Å². The van der Waals surface area contributed by atoms with Gasteiger partial charge in [0.25, 0.3) is 5.22 Å². The molecule has 1 heterocycles. The summed E-state index contributed by atoms with van der Waals surface area (Å²) in [5, 5.41) is 3.07. The number of hydrogen-bond acceptors (Lipinski definition) is 4. The minimum Gasteiger partial charge on any atom is -0.431 e. The van der Waals surface area contributed by atoms with E-state index in [1.807, 2.05) is 84.9 Å². The largest absolute Gasteiger partial charge is 0.431 e. The van der Waals surface area contributed by atoms with Gasteiger partial charge in [-0.3, -0.25) is 4.79 Å². The van der Waals surface area contributed by atoms with Crippen molar-refractivity contribution < 1.29 is 9.21 Å². The van der Waals surface area contributed by atoms with Gasteiger partial charge >= 0.3 is 0 Å². The Morgan fingerprint density at radius 1 is 0.926 bits per heavy atom. The Hall–Kier alpha value is -3.05. The summed E-state index contributed by atoms with van der Waals surface area (Å²) in [7, 11) is 0. The lowest BCUT2D eigenvalue weighted by Crippen LogP contribution is -2.27. The van der Waals surface area contributed by atoms with Crippen LogP contribution in [0, 0.1) is 0 Å². The van der Waals surface area contributed by atoms with Gasteiger partial charge in [-0.1, -0.05) is 72.8 Å². The van der Waals surface area contributed by atoms with Crippen molar-refractivity contribution in [3.05, 3.63) is 96.1 Å². The first-order valence-electron chi connectivity index (χ1n) is 8.68. The smallest absolute Gasteiger partial charge is 0.257 e. The number of nitrogens with one attached hydrogen (secondary N) is 1. The first kappa shape index (κ1) is 17.4. The monoisotopic (exact) mass is 374 g/mol. The standard InChI is InChI=1S/C22H18N2O2S/c25-21(23-15-16-9-3-1-4-10-16)20(17-11-5-2-6-12-17)27-22-24-18-13-7-8-14-19(18)26-22/h1-14,20H,15H2,(H,23,25)/t20-/m1/s1. The summed E-state index contributed by atoms with van der Waals surface area (Å²) in [6.45, 7) is 0.483. The summed E-state index contributed by atoms with van der Waals surface area (Å²) in [5.41, 5.74) is 3.48. The van der Waals surface area contributed by atoms with E-state index in [4.69, 9.17) is 4.42 Å². The Morgan fingerprint density at radius 3 is 2.33 bits per heavy atom. The van der Waals surface area contributed by atoms with E-state index < -0.39 is 5.25 Å². The summed E-state index contributed by atoms with van der Waals surface area (Å²) >= 11 is 1.32. The summed E-state index contributed by atoms with van der Waals surface area (Å²) in [6.07, 6.45) is 0. The van der Waals surface area contributed by atoms with Crippen molar-refractivity contribution in [1.82, 2.24) is 10.3 Å². The third-order valence-electron chi connectivity index (χ3n) is 4.14. The average molecular weight is 374 g/mol. The summed E-state index contributed by atoms with van der Waals surface area (Å²) in [4.78, 5) is 17.4. The van der Waals surface area contributed by atoms with Crippen LogP contribution in [0.1, 0.15) is 16.4 Å². The molecular weight excluding hydrogens is 356 g/mol. The number of amides is 1. The van der Waals surface area contributed by atoms with Gasteiger partial charge in [-0.05, 0) is 35.0 Å². The van der Waals surface area contributed by atoms with Crippen LogP contribution in [0.4, 0.5) is 0 Å². The molecule has 1 aromatic heterocycles. The highest BCUT2D eigenvalue weighted by Gasteiger charge is 2.24. The van der Waals surface area contributed by atoms with Gasteiger partial charge in [-0.15, -0.1) is 0 Å². The van der Waals surface area contributed by atoms with Gasteiger partial charge in [0.2, 0.25) is 5.91 Å². The van der Waals surface area contributed by atoms with Crippen LogP contribution in [0.15, 0.2) is 94.6 Å². The highest BCUT2D eigenvalue weighted by atomic mass is 32.2. The Kier molecular flexibility index (Phi) is 5.21. The van der Waals surface area contributed by atoms with Gasteiger partial charge < -0.3 is 9.73 Å². The first-order valence-corrected chi connectivity index (χ1v) is 9.56. The summed E-state index contributed by atoms with van der Waals surface area (Å²) in [5.74, 6) is -0.0719. The molecule has 1 atom stereocenters. The van der Waals surface area contributed by atoms with E-state index in [-0.39, 0.29) is 5.91 Å². The molecule has 4 nitrogen and oxygen atoms in total. The summed E-state index contributed by atoms with van der Waals surface area (Å²) < 4.78 is 5.80. The minimum atomic E-state index is -0.442. The number of carbonyl (C=O) groups is 1. The molecule has 27 heavy (non-hydrogen) atoms. The second-order valence-corrected chi connectivity index (χ2v) is 7.12. The third-order valence-corrected chi connectivity index (χ3v) is 5.24. The average Bonchev–Trinajstić information content (AvgIpc) is 3.14. The quantitative estimate of drug-likeness (QED) is 0.484. The van der Waals surface area contributed by atoms with Crippen LogP contribution in [-0.2, 0) is 11.3 Å². The maximum Gasteiger partial charge on any atom is 0.257 e. The van der Waals surface area contributed by atoms with E-state index in [0.717, 1.165) is 22.2 Å². The van der Waals surface area contributed by atoms with E-state index >= 15 is 0 Å². The molecule has 5 heteroatoms. The molecule has 0 aliphatic carbocycles. The highest BCUT2D eigenvalue weighted by molar-refractivity contribution is 8.00. The number of fused-ring (bicyclic) bond motifs is 1. The predicted octanol–water partition coefficient (Wildman–Crippen LogP) is 4.98. The van der Waals surface area contributed by atoms with Gasteiger partial charge in [0.05, 0.1) is 0 Å². The molecule has 1 N–H and O–H groups in total. The third kappa shape index (κ3) is 4.20. The van der Waals surface area contributed by atoms with Crippen molar-refractivity contribution in [2.45, 2.75) is 17.0 Å². The lowest BCUT2D eigenvalue weighted by molar-refractivity contribution is -0.120. The van der Waals surface area contributed by atoms with E-state index in [1.54, 1.807) is 0 Å². The lowest BCUT2D eigenvalue weighted by atomic mass is 10.1. The Balaban J connectivity index is 1.56. The Bertz CT molecular complexity index is 999. The molecule has 0 bridgehead atoms. The first-order chi connectivity index (χ1) is 13.3. The fourth-order valence-corrected chi connectivity index (χ4v) is 3.75. The van der Waals surface area contributed by atoms with Crippen LogP contribution in [0.2, 0.25) is 0 Å². The van der Waals surface area contributed by atoms with E-state index in [0.29, 0.717) is 11.8 Å². The topological polar surface area (TPSA) is 55.1 Å². The number of carbonyl (C=O) groups excluding carboxylic acids is 1. The zero-order valence-electron chi connectivity index (χ0n) is 14.5. The molecule has 134 valence electrons. The van der Waals surface area contributed by atoms with Crippen molar-refractivity contribution >= 4 is 28.8 Å². The molecule has 1 amide bonds. The number of hydrogen-bond donors (Lipinski definition) is 1. The van der Waals surface area contributed by atoms with Gasteiger partial charge in [-0.2, -0.15) is 0 Å².